The van der Waals surface area contributed by atoms with Gasteiger partial charge in [-0.25, -0.2) is 0 Å². The molecule has 0 N–H and O–H groups in total. The number of pyridine rings is 1. The van der Waals surface area contributed by atoms with Crippen molar-refractivity contribution in [2.45, 2.75) is 45.4 Å². The van der Waals surface area contributed by atoms with Gasteiger partial charge in [0, 0.05) is 22.8 Å². The Kier molecular flexibility index (Phi) is 4.40. The van der Waals surface area contributed by atoms with Gasteiger partial charge in [-0.2, -0.15) is 5.26 Å². The normalized spacial score (nSPS) is 27.7. The van der Waals surface area contributed by atoms with E-state index in [9.17, 15) is 5.26 Å². The summed E-state index contributed by atoms with van der Waals surface area (Å²) in [5.41, 5.74) is 0.858. The summed E-state index contributed by atoms with van der Waals surface area (Å²) in [4.78, 5) is 4.42. The molecule has 1 saturated carbocycles. The highest BCUT2D eigenvalue weighted by Crippen LogP contribution is 2.42. The molecule has 0 radical (unpaired) electrons. The first-order chi connectivity index (χ1) is 8.67. The molecule has 1 aromatic heterocycles. The fraction of sp³-hybridized carbons (Fsp3) is 0.600. The van der Waals surface area contributed by atoms with Crippen molar-refractivity contribution in [3.05, 3.63) is 28.5 Å². The van der Waals surface area contributed by atoms with Crippen molar-refractivity contribution in [2.24, 2.45) is 11.3 Å². The van der Waals surface area contributed by atoms with Crippen molar-refractivity contribution in [1.29, 1.82) is 5.26 Å². The maximum Gasteiger partial charge on any atom is 0.0693 e. The van der Waals surface area contributed by atoms with Crippen molar-refractivity contribution in [3.63, 3.8) is 0 Å². The summed E-state index contributed by atoms with van der Waals surface area (Å²) in [7, 11) is 0. The second-order valence-electron chi connectivity index (χ2n) is 5.41. The molecule has 1 aromatic rings. The molecule has 3 heteroatoms. The molecule has 18 heavy (non-hydrogen) atoms. The summed E-state index contributed by atoms with van der Waals surface area (Å²) in [6.45, 7) is 2.23. The highest BCUT2D eigenvalue weighted by atomic mass is 79.9. The fourth-order valence-electron chi connectivity index (χ4n) is 2.99. The lowest BCUT2D eigenvalue weighted by atomic mass is 9.67. The van der Waals surface area contributed by atoms with E-state index >= 15 is 0 Å². The van der Waals surface area contributed by atoms with Gasteiger partial charge in [-0.1, -0.05) is 26.2 Å². The van der Waals surface area contributed by atoms with Gasteiger partial charge in [-0.3, -0.25) is 4.98 Å². The molecule has 1 aliphatic carbocycles. The summed E-state index contributed by atoms with van der Waals surface area (Å²) >= 11 is 3.39. The fourth-order valence-corrected chi connectivity index (χ4v) is 3.23. The Balaban J connectivity index is 2.13. The largest absolute Gasteiger partial charge is 0.260 e. The van der Waals surface area contributed by atoms with Gasteiger partial charge in [0.1, 0.15) is 0 Å². The molecule has 0 amide bonds. The Morgan fingerprint density at radius 3 is 3.00 bits per heavy atom. The van der Waals surface area contributed by atoms with Gasteiger partial charge in [0.2, 0.25) is 0 Å². The SMILES string of the molecule is CCC1CCCC(C#N)(Cc2ccc(Br)cn2)C1. The molecule has 1 fully saturated rings. The van der Waals surface area contributed by atoms with Gasteiger partial charge in [-0.05, 0) is 46.8 Å². The highest BCUT2D eigenvalue weighted by Gasteiger charge is 2.36. The number of hydrogen-bond donors (Lipinski definition) is 0. The predicted octanol–water partition coefficient (Wildman–Crippen LogP) is 4.50. The van der Waals surface area contributed by atoms with Gasteiger partial charge >= 0.3 is 0 Å². The third-order valence-electron chi connectivity index (χ3n) is 4.07. The van der Waals surface area contributed by atoms with E-state index in [0.29, 0.717) is 5.92 Å². The first kappa shape index (κ1) is 13.5. The molecule has 0 aromatic carbocycles. The van der Waals surface area contributed by atoms with Gasteiger partial charge in [-0.15, -0.1) is 0 Å². The first-order valence-electron chi connectivity index (χ1n) is 6.69. The molecular weight excluding hydrogens is 288 g/mol. The number of aromatic nitrogens is 1. The van der Waals surface area contributed by atoms with E-state index in [2.05, 4.69) is 33.9 Å². The molecule has 2 unspecified atom stereocenters. The van der Waals surface area contributed by atoms with Crippen LogP contribution in [-0.4, -0.2) is 4.98 Å². The van der Waals surface area contributed by atoms with Crippen molar-refractivity contribution in [2.75, 3.05) is 0 Å². The Morgan fingerprint density at radius 2 is 2.39 bits per heavy atom. The van der Waals surface area contributed by atoms with Crippen molar-refractivity contribution in [1.82, 2.24) is 4.98 Å². The van der Waals surface area contributed by atoms with E-state index in [-0.39, 0.29) is 5.41 Å². The lowest BCUT2D eigenvalue weighted by molar-refractivity contribution is 0.193. The monoisotopic (exact) mass is 306 g/mol. The number of nitriles is 1. The second kappa shape index (κ2) is 5.84. The zero-order valence-corrected chi connectivity index (χ0v) is 12.4. The first-order valence-corrected chi connectivity index (χ1v) is 7.48. The molecular formula is C15H19BrN2. The number of hydrogen-bond acceptors (Lipinski definition) is 2. The summed E-state index contributed by atoms with van der Waals surface area (Å²) < 4.78 is 0.993. The van der Waals surface area contributed by atoms with Crippen molar-refractivity contribution in [3.8, 4) is 6.07 Å². The summed E-state index contributed by atoms with van der Waals surface area (Å²) in [5.74, 6) is 0.717. The second-order valence-corrected chi connectivity index (χ2v) is 6.32. The van der Waals surface area contributed by atoms with E-state index in [1.54, 1.807) is 0 Å². The summed E-state index contributed by atoms with van der Waals surface area (Å²) in [6, 6.07) is 6.63. The minimum Gasteiger partial charge on any atom is -0.260 e. The van der Waals surface area contributed by atoms with E-state index < -0.39 is 0 Å². The van der Waals surface area contributed by atoms with Crippen molar-refractivity contribution >= 4 is 15.9 Å². The number of rotatable bonds is 3. The van der Waals surface area contributed by atoms with E-state index in [4.69, 9.17) is 0 Å². The molecule has 96 valence electrons. The molecule has 1 heterocycles. The van der Waals surface area contributed by atoms with Crippen LogP contribution in [0.1, 0.15) is 44.7 Å². The minimum absolute atomic E-state index is 0.181. The molecule has 0 saturated heterocycles. The zero-order valence-electron chi connectivity index (χ0n) is 10.8. The Bertz CT molecular complexity index is 435. The smallest absolute Gasteiger partial charge is 0.0693 e. The van der Waals surface area contributed by atoms with Crippen molar-refractivity contribution < 1.29 is 0 Å². The molecule has 0 spiro atoms. The van der Waals surface area contributed by atoms with Crippen LogP contribution in [0.5, 0.6) is 0 Å². The van der Waals surface area contributed by atoms with Crippen LogP contribution in [0.15, 0.2) is 22.8 Å². The lowest BCUT2D eigenvalue weighted by Gasteiger charge is -2.35. The zero-order chi connectivity index (χ0) is 13.0. The van der Waals surface area contributed by atoms with Crippen LogP contribution in [0.3, 0.4) is 0 Å². The highest BCUT2D eigenvalue weighted by molar-refractivity contribution is 9.10. The Labute approximate surface area is 118 Å². The number of halogens is 1. The van der Waals surface area contributed by atoms with Crippen LogP contribution in [0.4, 0.5) is 0 Å². The van der Waals surface area contributed by atoms with Crippen LogP contribution >= 0.6 is 15.9 Å². The standard InChI is InChI=1S/C15H19BrN2/c1-2-12-4-3-7-15(8-12,11-17)9-14-6-5-13(16)10-18-14/h5-6,10,12H,2-4,7-9H2,1H3. The lowest BCUT2D eigenvalue weighted by Crippen LogP contribution is -2.29. The third kappa shape index (κ3) is 3.11. The summed E-state index contributed by atoms with van der Waals surface area (Å²) in [6.07, 6.45) is 8.34. The van der Waals surface area contributed by atoms with Crippen LogP contribution in [0, 0.1) is 22.7 Å². The Hall–Kier alpha value is -0.880. The third-order valence-corrected chi connectivity index (χ3v) is 4.54. The number of nitrogens with zero attached hydrogens (tertiary/aromatic N) is 2. The Morgan fingerprint density at radius 1 is 1.56 bits per heavy atom. The molecule has 2 rings (SSSR count). The van der Waals surface area contributed by atoms with Gasteiger partial charge < -0.3 is 0 Å². The van der Waals surface area contributed by atoms with Crippen LogP contribution in [0.2, 0.25) is 0 Å². The van der Waals surface area contributed by atoms with Crippen LogP contribution in [0.25, 0.3) is 0 Å². The van der Waals surface area contributed by atoms with Crippen LogP contribution < -0.4 is 0 Å². The minimum atomic E-state index is -0.181. The molecule has 2 atom stereocenters. The quantitative estimate of drug-likeness (QED) is 0.824. The molecule has 1 aliphatic rings. The topological polar surface area (TPSA) is 36.7 Å². The molecule has 0 bridgehead atoms. The van der Waals surface area contributed by atoms with E-state index in [1.807, 2.05) is 18.3 Å². The van der Waals surface area contributed by atoms with Crippen LogP contribution in [-0.2, 0) is 6.42 Å². The molecule has 0 aliphatic heterocycles. The van der Waals surface area contributed by atoms with Gasteiger partial charge in [0.25, 0.3) is 0 Å². The van der Waals surface area contributed by atoms with E-state index in [1.165, 1.54) is 19.3 Å². The predicted molar refractivity (Wildman–Crippen MR) is 75.9 cm³/mol. The molecule has 2 nitrogen and oxygen atoms in total. The average Bonchev–Trinajstić information content (AvgIpc) is 2.42. The van der Waals surface area contributed by atoms with E-state index in [0.717, 1.165) is 29.4 Å². The van der Waals surface area contributed by atoms with Gasteiger partial charge in [0.05, 0.1) is 11.5 Å². The maximum atomic E-state index is 9.58. The average molecular weight is 307 g/mol. The summed E-state index contributed by atoms with van der Waals surface area (Å²) in [5, 5.41) is 9.58. The maximum absolute atomic E-state index is 9.58. The van der Waals surface area contributed by atoms with Gasteiger partial charge in [0.15, 0.2) is 0 Å².